The molecular formula is C9H4Cl2FNO. The van der Waals surface area contributed by atoms with Crippen LogP contribution in [0, 0.1) is 5.82 Å². The van der Waals surface area contributed by atoms with Gasteiger partial charge >= 0.3 is 0 Å². The summed E-state index contributed by atoms with van der Waals surface area (Å²) in [6.07, 6.45) is 1.35. The SMILES string of the molecule is Fc1c(Cl)cc(Cl)cc1-c1ccon1. The van der Waals surface area contributed by atoms with Crippen LogP contribution in [0.1, 0.15) is 0 Å². The van der Waals surface area contributed by atoms with Crippen LogP contribution in [0.5, 0.6) is 0 Å². The van der Waals surface area contributed by atoms with E-state index < -0.39 is 5.82 Å². The van der Waals surface area contributed by atoms with Crippen LogP contribution < -0.4 is 0 Å². The molecular weight excluding hydrogens is 228 g/mol. The highest BCUT2D eigenvalue weighted by molar-refractivity contribution is 6.35. The molecule has 0 N–H and O–H groups in total. The first-order valence-electron chi connectivity index (χ1n) is 3.74. The van der Waals surface area contributed by atoms with Gasteiger partial charge < -0.3 is 4.52 Å². The Hall–Kier alpha value is -1.06. The van der Waals surface area contributed by atoms with Crippen molar-refractivity contribution >= 4 is 23.2 Å². The molecule has 72 valence electrons. The van der Waals surface area contributed by atoms with E-state index in [-0.39, 0.29) is 10.6 Å². The highest BCUT2D eigenvalue weighted by Crippen LogP contribution is 2.30. The minimum atomic E-state index is -0.551. The van der Waals surface area contributed by atoms with Gasteiger partial charge in [0.2, 0.25) is 0 Å². The molecule has 0 amide bonds. The van der Waals surface area contributed by atoms with E-state index in [1.807, 2.05) is 0 Å². The number of halogens is 3. The summed E-state index contributed by atoms with van der Waals surface area (Å²) in [6, 6.07) is 4.31. The molecule has 0 bridgehead atoms. The van der Waals surface area contributed by atoms with Gasteiger partial charge in [-0.25, -0.2) is 4.39 Å². The standard InChI is InChI=1S/C9H4Cl2FNO/c10-5-3-6(8-1-2-14-13-8)9(12)7(11)4-5/h1-4H. The largest absolute Gasteiger partial charge is 0.364 e. The second kappa shape index (κ2) is 3.59. The molecule has 1 heterocycles. The van der Waals surface area contributed by atoms with E-state index in [4.69, 9.17) is 23.2 Å². The first-order valence-corrected chi connectivity index (χ1v) is 4.49. The topological polar surface area (TPSA) is 26.0 Å². The van der Waals surface area contributed by atoms with Gasteiger partial charge in [-0.3, -0.25) is 0 Å². The summed E-state index contributed by atoms with van der Waals surface area (Å²) in [5.41, 5.74) is 0.600. The van der Waals surface area contributed by atoms with Crippen molar-refractivity contribution in [3.8, 4) is 11.3 Å². The predicted molar refractivity (Wildman–Crippen MR) is 51.9 cm³/mol. The lowest BCUT2D eigenvalue weighted by atomic mass is 10.1. The van der Waals surface area contributed by atoms with Crippen LogP contribution in [0.25, 0.3) is 11.3 Å². The fourth-order valence-corrected chi connectivity index (χ4v) is 1.59. The average Bonchev–Trinajstić information content (AvgIpc) is 2.63. The van der Waals surface area contributed by atoms with Crippen LogP contribution in [-0.4, -0.2) is 5.16 Å². The minimum absolute atomic E-state index is 0.0319. The van der Waals surface area contributed by atoms with Crippen LogP contribution >= 0.6 is 23.2 Å². The van der Waals surface area contributed by atoms with E-state index in [1.165, 1.54) is 24.5 Å². The Kier molecular flexibility index (Phi) is 2.44. The van der Waals surface area contributed by atoms with E-state index in [1.54, 1.807) is 0 Å². The number of hydrogen-bond acceptors (Lipinski definition) is 2. The van der Waals surface area contributed by atoms with Crippen molar-refractivity contribution in [2.24, 2.45) is 0 Å². The lowest BCUT2D eigenvalue weighted by Gasteiger charge is -2.01. The maximum Gasteiger partial charge on any atom is 0.151 e. The molecule has 2 rings (SSSR count). The first-order chi connectivity index (χ1) is 6.68. The zero-order valence-electron chi connectivity index (χ0n) is 6.80. The number of rotatable bonds is 1. The molecule has 0 unspecified atom stereocenters. The Bertz CT molecular complexity index is 456. The zero-order valence-corrected chi connectivity index (χ0v) is 8.31. The molecule has 0 aliphatic carbocycles. The van der Waals surface area contributed by atoms with E-state index in [9.17, 15) is 4.39 Å². The van der Waals surface area contributed by atoms with Crippen molar-refractivity contribution in [3.05, 3.63) is 40.3 Å². The van der Waals surface area contributed by atoms with Gasteiger partial charge in [0, 0.05) is 16.7 Å². The summed E-state index contributed by atoms with van der Waals surface area (Å²) in [5.74, 6) is -0.551. The second-order valence-electron chi connectivity index (χ2n) is 2.63. The third-order valence-electron chi connectivity index (χ3n) is 1.71. The fourth-order valence-electron chi connectivity index (χ4n) is 1.09. The van der Waals surface area contributed by atoms with Crippen molar-refractivity contribution < 1.29 is 8.91 Å². The predicted octanol–water partition coefficient (Wildman–Crippen LogP) is 3.79. The smallest absolute Gasteiger partial charge is 0.151 e. The Labute approximate surface area is 89.2 Å². The van der Waals surface area contributed by atoms with Crippen LogP contribution in [0.4, 0.5) is 4.39 Å². The minimum Gasteiger partial charge on any atom is -0.364 e. The first kappa shape index (κ1) is 9.49. The molecule has 0 aliphatic heterocycles. The summed E-state index contributed by atoms with van der Waals surface area (Å²) in [7, 11) is 0. The van der Waals surface area contributed by atoms with E-state index in [2.05, 4.69) is 9.68 Å². The van der Waals surface area contributed by atoms with Gasteiger partial charge in [0.05, 0.1) is 5.02 Å². The van der Waals surface area contributed by atoms with Crippen molar-refractivity contribution in [3.63, 3.8) is 0 Å². The third-order valence-corrected chi connectivity index (χ3v) is 2.20. The summed E-state index contributed by atoms with van der Waals surface area (Å²) >= 11 is 11.3. The Morgan fingerprint density at radius 1 is 1.29 bits per heavy atom. The third kappa shape index (κ3) is 1.61. The van der Waals surface area contributed by atoms with Crippen molar-refractivity contribution in [2.45, 2.75) is 0 Å². The van der Waals surface area contributed by atoms with Gasteiger partial charge in [-0.1, -0.05) is 28.4 Å². The van der Waals surface area contributed by atoms with Crippen LogP contribution in [-0.2, 0) is 0 Å². The lowest BCUT2D eigenvalue weighted by molar-refractivity contribution is 0.422. The molecule has 0 atom stereocenters. The van der Waals surface area contributed by atoms with Crippen LogP contribution in [0.15, 0.2) is 29.0 Å². The summed E-state index contributed by atoms with van der Waals surface area (Å²) in [4.78, 5) is 0. The maximum absolute atomic E-state index is 13.5. The van der Waals surface area contributed by atoms with E-state index in [0.717, 1.165) is 0 Å². The molecule has 0 saturated carbocycles. The molecule has 0 radical (unpaired) electrons. The van der Waals surface area contributed by atoms with Crippen molar-refractivity contribution in [1.29, 1.82) is 0 Å². The second-order valence-corrected chi connectivity index (χ2v) is 3.48. The van der Waals surface area contributed by atoms with Crippen molar-refractivity contribution in [2.75, 3.05) is 0 Å². The summed E-state index contributed by atoms with van der Waals surface area (Å²) in [6.45, 7) is 0. The molecule has 0 saturated heterocycles. The van der Waals surface area contributed by atoms with Crippen LogP contribution in [0.3, 0.4) is 0 Å². The molecule has 1 aromatic heterocycles. The van der Waals surface area contributed by atoms with Gasteiger partial charge in [-0.2, -0.15) is 0 Å². The zero-order chi connectivity index (χ0) is 10.1. The molecule has 2 aromatic rings. The fraction of sp³-hybridized carbons (Fsp3) is 0. The van der Waals surface area contributed by atoms with Gasteiger partial charge in [0.15, 0.2) is 5.82 Å². The quantitative estimate of drug-likeness (QED) is 0.699. The summed E-state index contributed by atoms with van der Waals surface area (Å²) < 4.78 is 18.1. The van der Waals surface area contributed by atoms with Gasteiger partial charge in [-0.05, 0) is 12.1 Å². The van der Waals surface area contributed by atoms with Gasteiger partial charge in [-0.15, -0.1) is 0 Å². The molecule has 14 heavy (non-hydrogen) atoms. The van der Waals surface area contributed by atoms with E-state index in [0.29, 0.717) is 10.7 Å². The summed E-state index contributed by atoms with van der Waals surface area (Å²) in [5, 5.41) is 3.92. The molecule has 2 nitrogen and oxygen atoms in total. The highest BCUT2D eigenvalue weighted by atomic mass is 35.5. The van der Waals surface area contributed by atoms with E-state index >= 15 is 0 Å². The lowest BCUT2D eigenvalue weighted by Crippen LogP contribution is -1.86. The van der Waals surface area contributed by atoms with Crippen LogP contribution in [0.2, 0.25) is 10.0 Å². The average molecular weight is 232 g/mol. The number of aromatic nitrogens is 1. The monoisotopic (exact) mass is 231 g/mol. The molecule has 0 fully saturated rings. The Morgan fingerprint density at radius 3 is 2.71 bits per heavy atom. The number of benzene rings is 1. The molecule has 1 aromatic carbocycles. The highest BCUT2D eigenvalue weighted by Gasteiger charge is 2.12. The molecule has 0 aliphatic rings. The number of hydrogen-bond donors (Lipinski definition) is 0. The Morgan fingerprint density at radius 2 is 2.07 bits per heavy atom. The Balaban J connectivity index is 2.64. The maximum atomic E-state index is 13.5. The molecule has 0 spiro atoms. The number of nitrogens with zero attached hydrogens (tertiary/aromatic N) is 1. The van der Waals surface area contributed by atoms with Crippen molar-refractivity contribution in [1.82, 2.24) is 5.16 Å². The van der Waals surface area contributed by atoms with Gasteiger partial charge in [0.1, 0.15) is 12.0 Å². The normalized spacial score (nSPS) is 10.5. The molecule has 5 heteroatoms. The van der Waals surface area contributed by atoms with Gasteiger partial charge in [0.25, 0.3) is 0 Å².